The lowest BCUT2D eigenvalue weighted by Crippen LogP contribution is -2.22. The van der Waals surface area contributed by atoms with E-state index in [1.807, 2.05) is 0 Å². The van der Waals surface area contributed by atoms with E-state index < -0.39 is 15.8 Å². The molecule has 2 saturated carbocycles. The number of halogens is 1. The fraction of sp³-hybridized carbons (Fsp3) is 0.533. The van der Waals surface area contributed by atoms with E-state index in [1.54, 1.807) is 0 Å². The molecule has 6 heteroatoms. The first-order chi connectivity index (χ1) is 9.87. The van der Waals surface area contributed by atoms with Crippen molar-refractivity contribution in [2.45, 2.75) is 30.6 Å². The quantitative estimate of drug-likeness (QED) is 0.921. The van der Waals surface area contributed by atoms with Crippen LogP contribution in [0.15, 0.2) is 23.1 Å². The molecule has 0 spiro atoms. The summed E-state index contributed by atoms with van der Waals surface area (Å²) in [6.45, 7) is 0. The van der Waals surface area contributed by atoms with Gasteiger partial charge in [0.15, 0.2) is 9.84 Å². The Labute approximate surface area is 129 Å². The van der Waals surface area contributed by atoms with Crippen LogP contribution < -0.4 is 0 Å². The Hall–Kier alpha value is -1.07. The highest BCUT2D eigenvalue weighted by Crippen LogP contribution is 2.49. The summed E-state index contributed by atoms with van der Waals surface area (Å²) in [5.41, 5.74) is -0.0501. The summed E-state index contributed by atoms with van der Waals surface area (Å²) >= 11 is 5.98. The largest absolute Gasteiger partial charge is 0.478 e. The van der Waals surface area contributed by atoms with Gasteiger partial charge >= 0.3 is 5.97 Å². The van der Waals surface area contributed by atoms with Crippen molar-refractivity contribution >= 4 is 27.4 Å². The minimum absolute atomic E-state index is 0.0492. The summed E-state index contributed by atoms with van der Waals surface area (Å²) in [5, 5.41) is 9.10. The molecule has 0 aromatic heterocycles. The number of hydrogen-bond acceptors (Lipinski definition) is 3. The van der Waals surface area contributed by atoms with Crippen molar-refractivity contribution in [3.05, 3.63) is 28.8 Å². The summed E-state index contributed by atoms with van der Waals surface area (Å²) in [5.74, 6) is 0.306. The summed E-state index contributed by atoms with van der Waals surface area (Å²) in [4.78, 5) is 11.0. The fourth-order valence-corrected chi connectivity index (χ4v) is 6.12. The Kier molecular flexibility index (Phi) is 3.74. The molecule has 0 saturated heterocycles. The van der Waals surface area contributed by atoms with E-state index in [0.29, 0.717) is 11.8 Å². The van der Waals surface area contributed by atoms with Crippen molar-refractivity contribution in [2.24, 2.45) is 17.8 Å². The highest BCUT2D eigenvalue weighted by atomic mass is 35.5. The van der Waals surface area contributed by atoms with Crippen LogP contribution in [-0.4, -0.2) is 25.2 Å². The summed E-state index contributed by atoms with van der Waals surface area (Å²) in [7, 11) is -3.55. The highest BCUT2D eigenvalue weighted by molar-refractivity contribution is 7.91. The average molecular weight is 329 g/mol. The number of aromatic carboxylic acids is 1. The van der Waals surface area contributed by atoms with Crippen LogP contribution in [0.25, 0.3) is 0 Å². The molecule has 114 valence electrons. The first-order valence-corrected chi connectivity index (χ1v) is 9.15. The van der Waals surface area contributed by atoms with Gasteiger partial charge in [0.1, 0.15) is 0 Å². The van der Waals surface area contributed by atoms with Crippen molar-refractivity contribution in [2.75, 3.05) is 5.75 Å². The Balaban J connectivity index is 1.88. The van der Waals surface area contributed by atoms with Gasteiger partial charge in [-0.3, -0.25) is 0 Å². The molecule has 2 fully saturated rings. The maximum atomic E-state index is 12.6. The molecule has 4 nitrogen and oxygen atoms in total. The van der Waals surface area contributed by atoms with Gasteiger partial charge in [0.05, 0.1) is 21.2 Å². The van der Waals surface area contributed by atoms with Crippen molar-refractivity contribution < 1.29 is 18.3 Å². The molecule has 3 atom stereocenters. The molecule has 0 heterocycles. The second-order valence-electron chi connectivity index (χ2n) is 6.17. The lowest BCUT2D eigenvalue weighted by atomic mass is 9.90. The van der Waals surface area contributed by atoms with Gasteiger partial charge in [0.2, 0.25) is 0 Å². The third-order valence-corrected chi connectivity index (χ3v) is 7.15. The van der Waals surface area contributed by atoms with Crippen LogP contribution in [0.2, 0.25) is 5.02 Å². The Bertz CT molecular complexity index is 683. The van der Waals surface area contributed by atoms with Crippen LogP contribution in [0, 0.1) is 17.8 Å². The number of carboxylic acids is 1. The topological polar surface area (TPSA) is 71.4 Å². The molecule has 2 aliphatic rings. The van der Waals surface area contributed by atoms with Crippen molar-refractivity contribution in [1.29, 1.82) is 0 Å². The first-order valence-electron chi connectivity index (χ1n) is 7.12. The van der Waals surface area contributed by atoms with Gasteiger partial charge in [-0.05, 0) is 55.2 Å². The third kappa shape index (κ3) is 2.81. The molecule has 2 aliphatic carbocycles. The second kappa shape index (κ2) is 5.29. The number of sulfone groups is 1. The van der Waals surface area contributed by atoms with Crippen molar-refractivity contribution in [3.8, 4) is 0 Å². The lowest BCUT2D eigenvalue weighted by molar-refractivity contribution is 0.0696. The van der Waals surface area contributed by atoms with Crippen LogP contribution in [0.5, 0.6) is 0 Å². The third-order valence-electron chi connectivity index (χ3n) is 4.83. The molecular formula is C15H17ClO4S. The molecule has 0 radical (unpaired) electrons. The molecule has 1 aromatic rings. The zero-order valence-electron chi connectivity index (χ0n) is 11.5. The van der Waals surface area contributed by atoms with Crippen LogP contribution in [0.3, 0.4) is 0 Å². The summed E-state index contributed by atoms with van der Waals surface area (Å²) in [6, 6.07) is 3.84. The lowest BCUT2D eigenvalue weighted by Gasteiger charge is -2.21. The standard InChI is InChI=1S/C15H17ClO4S/c16-13-4-3-11(15(17)18)7-14(13)21(19,20)8-12-6-9-1-2-10(12)5-9/h3-4,7,9-10,12H,1-2,5-6,8H2,(H,17,18). The van der Waals surface area contributed by atoms with Gasteiger partial charge < -0.3 is 5.11 Å². The summed E-state index contributed by atoms with van der Waals surface area (Å²) in [6.07, 6.45) is 4.45. The maximum Gasteiger partial charge on any atom is 0.335 e. The smallest absolute Gasteiger partial charge is 0.335 e. The van der Waals surface area contributed by atoms with E-state index in [-0.39, 0.29) is 27.2 Å². The Morgan fingerprint density at radius 3 is 2.62 bits per heavy atom. The van der Waals surface area contributed by atoms with Crippen molar-refractivity contribution in [3.63, 3.8) is 0 Å². The molecule has 2 bridgehead atoms. The molecule has 0 aliphatic heterocycles. The van der Waals surface area contributed by atoms with Gasteiger partial charge in [-0.15, -0.1) is 0 Å². The minimum atomic E-state index is -3.55. The predicted octanol–water partition coefficient (Wildman–Crippen LogP) is 3.25. The van der Waals surface area contributed by atoms with E-state index in [0.717, 1.165) is 19.3 Å². The van der Waals surface area contributed by atoms with Crippen LogP contribution in [0.1, 0.15) is 36.0 Å². The number of fused-ring (bicyclic) bond motifs is 2. The molecule has 3 rings (SSSR count). The molecule has 0 amide bonds. The minimum Gasteiger partial charge on any atom is -0.478 e. The Morgan fingerprint density at radius 1 is 1.29 bits per heavy atom. The number of carboxylic acid groups (broad SMARTS) is 1. The van der Waals surface area contributed by atoms with E-state index in [1.165, 1.54) is 24.6 Å². The van der Waals surface area contributed by atoms with Gasteiger partial charge in [-0.25, -0.2) is 13.2 Å². The number of hydrogen-bond donors (Lipinski definition) is 1. The van der Waals surface area contributed by atoms with E-state index >= 15 is 0 Å². The number of rotatable bonds is 4. The molecule has 1 aromatic carbocycles. The molecule has 3 unspecified atom stereocenters. The van der Waals surface area contributed by atoms with Gasteiger partial charge in [-0.1, -0.05) is 18.0 Å². The van der Waals surface area contributed by atoms with Gasteiger partial charge in [0, 0.05) is 0 Å². The Morgan fingerprint density at radius 2 is 2.05 bits per heavy atom. The van der Waals surface area contributed by atoms with E-state index in [4.69, 9.17) is 16.7 Å². The zero-order chi connectivity index (χ0) is 15.2. The summed E-state index contributed by atoms with van der Waals surface area (Å²) < 4.78 is 25.2. The van der Waals surface area contributed by atoms with Crippen LogP contribution in [0.4, 0.5) is 0 Å². The van der Waals surface area contributed by atoms with Crippen LogP contribution in [-0.2, 0) is 9.84 Å². The zero-order valence-corrected chi connectivity index (χ0v) is 13.0. The van der Waals surface area contributed by atoms with E-state index in [9.17, 15) is 13.2 Å². The van der Waals surface area contributed by atoms with Gasteiger partial charge in [0.25, 0.3) is 0 Å². The maximum absolute atomic E-state index is 12.6. The predicted molar refractivity (Wildman–Crippen MR) is 79.4 cm³/mol. The monoisotopic (exact) mass is 328 g/mol. The fourth-order valence-electron chi connectivity index (χ4n) is 3.83. The highest BCUT2D eigenvalue weighted by Gasteiger charge is 2.41. The SMILES string of the molecule is O=C(O)c1ccc(Cl)c(S(=O)(=O)CC2CC3CCC2C3)c1. The van der Waals surface area contributed by atoms with Crippen LogP contribution >= 0.6 is 11.6 Å². The van der Waals surface area contributed by atoms with Gasteiger partial charge in [-0.2, -0.15) is 0 Å². The van der Waals surface area contributed by atoms with Crippen molar-refractivity contribution in [1.82, 2.24) is 0 Å². The molecule has 21 heavy (non-hydrogen) atoms. The molecule has 1 N–H and O–H groups in total. The molecular weight excluding hydrogens is 312 g/mol. The number of benzene rings is 1. The first kappa shape index (κ1) is 14.9. The number of carbonyl (C=O) groups is 1. The second-order valence-corrected chi connectivity index (χ2v) is 8.58. The average Bonchev–Trinajstić information content (AvgIpc) is 3.00. The van der Waals surface area contributed by atoms with E-state index in [2.05, 4.69) is 0 Å². The normalized spacial score (nSPS) is 28.0.